The van der Waals surface area contributed by atoms with Crippen LogP contribution >= 0.6 is 0 Å². The minimum absolute atomic E-state index is 0.124. The fourth-order valence-electron chi connectivity index (χ4n) is 6.31. The molecule has 0 aliphatic rings. The Labute approximate surface area is 324 Å². The summed E-state index contributed by atoms with van der Waals surface area (Å²) in [5, 5.41) is 22.5. The zero-order chi connectivity index (χ0) is 39.0. The van der Waals surface area contributed by atoms with Crippen molar-refractivity contribution in [2.75, 3.05) is 13.2 Å². The summed E-state index contributed by atoms with van der Waals surface area (Å²) in [6.45, 7) is 3.44. The number of aliphatic hydroxyl groups excluding tert-OH is 1. The number of rotatable bonds is 39. The number of hydrogen-bond acceptors (Lipinski definition) is 6. The maximum absolute atomic E-state index is 12.7. The van der Waals surface area contributed by atoms with Crippen LogP contribution in [-0.4, -0.2) is 59.3 Å². The van der Waals surface area contributed by atoms with Crippen molar-refractivity contribution in [3.63, 3.8) is 0 Å². The van der Waals surface area contributed by atoms with E-state index in [4.69, 9.17) is 14.9 Å². The molecule has 0 aliphatic heterocycles. The second-order valence-corrected chi connectivity index (χ2v) is 14.8. The number of amides is 2. The third-order valence-electron chi connectivity index (χ3n) is 9.69. The van der Waals surface area contributed by atoms with Crippen LogP contribution in [0.2, 0.25) is 0 Å². The molecule has 0 heterocycles. The van der Waals surface area contributed by atoms with Crippen LogP contribution in [0.1, 0.15) is 206 Å². The third kappa shape index (κ3) is 36.1. The van der Waals surface area contributed by atoms with E-state index in [1.807, 2.05) is 6.08 Å². The van der Waals surface area contributed by atoms with Crippen molar-refractivity contribution >= 4 is 23.8 Å². The number of aliphatic carboxylic acids is 1. The van der Waals surface area contributed by atoms with Gasteiger partial charge in [-0.1, -0.05) is 167 Å². The summed E-state index contributed by atoms with van der Waals surface area (Å²) in [6, 6.07) is -1.39. The van der Waals surface area contributed by atoms with Gasteiger partial charge in [0, 0.05) is 12.8 Å². The normalized spacial score (nSPS) is 12.7. The van der Waals surface area contributed by atoms with Gasteiger partial charge in [-0.15, -0.1) is 0 Å². The number of nitrogens with one attached hydrogen (secondary N) is 2. The minimum Gasteiger partial charge on any atom is -0.480 e. The quantitative estimate of drug-likeness (QED) is 0.0278. The number of carboxylic acid groups (broad SMARTS) is 1. The Hall–Kier alpha value is -2.68. The first-order valence-corrected chi connectivity index (χ1v) is 21.7. The monoisotopic (exact) mass is 749 g/mol. The van der Waals surface area contributed by atoms with Gasteiger partial charge in [0.15, 0.2) is 0 Å². The average molecular weight is 749 g/mol. The Morgan fingerprint density at radius 1 is 0.585 bits per heavy atom. The fourth-order valence-corrected chi connectivity index (χ4v) is 6.31. The highest BCUT2D eigenvalue weighted by atomic mass is 16.5. The van der Waals surface area contributed by atoms with Gasteiger partial charge in [-0.3, -0.25) is 14.4 Å². The first-order chi connectivity index (χ1) is 25.8. The van der Waals surface area contributed by atoms with E-state index < -0.39 is 24.5 Å². The van der Waals surface area contributed by atoms with Gasteiger partial charge in [0.25, 0.3) is 0 Å². The van der Waals surface area contributed by atoms with Crippen molar-refractivity contribution in [2.45, 2.75) is 219 Å². The molecule has 2 unspecified atom stereocenters. The van der Waals surface area contributed by atoms with Crippen LogP contribution in [0, 0.1) is 0 Å². The number of ether oxygens (including phenoxy) is 1. The number of esters is 1. The zero-order valence-electron chi connectivity index (χ0n) is 34.0. The third-order valence-corrected chi connectivity index (χ3v) is 9.69. The summed E-state index contributed by atoms with van der Waals surface area (Å²) < 4.78 is 5.90. The zero-order valence-corrected chi connectivity index (χ0v) is 34.0. The molecule has 4 N–H and O–H groups in total. The molecule has 0 aromatic carbocycles. The molecule has 0 bridgehead atoms. The van der Waals surface area contributed by atoms with Crippen molar-refractivity contribution in [3.8, 4) is 0 Å². The Morgan fingerprint density at radius 3 is 1.60 bits per heavy atom. The van der Waals surface area contributed by atoms with Gasteiger partial charge in [-0.25, -0.2) is 4.79 Å². The lowest BCUT2D eigenvalue weighted by Crippen LogP contribution is -2.47. The number of unbranched alkanes of at least 4 members (excludes halogenated alkanes) is 23. The number of carboxylic acids is 1. The molecule has 2 amide bonds. The van der Waals surface area contributed by atoms with Crippen LogP contribution in [0.25, 0.3) is 0 Å². The van der Waals surface area contributed by atoms with Crippen LogP contribution in [0.4, 0.5) is 0 Å². The summed E-state index contributed by atoms with van der Waals surface area (Å²) >= 11 is 0. The molecule has 9 nitrogen and oxygen atoms in total. The van der Waals surface area contributed by atoms with Crippen molar-refractivity contribution in [2.24, 2.45) is 0 Å². The lowest BCUT2D eigenvalue weighted by molar-refractivity contribution is -0.147. The maximum Gasteiger partial charge on any atom is 0.328 e. The Balaban J connectivity index is 4.27. The Morgan fingerprint density at radius 2 is 1.08 bits per heavy atom. The number of carbonyl (C=O) groups excluding carboxylic acids is 3. The highest BCUT2D eigenvalue weighted by Gasteiger charge is 2.18. The van der Waals surface area contributed by atoms with Crippen LogP contribution < -0.4 is 10.6 Å². The molecule has 0 spiro atoms. The summed E-state index contributed by atoms with van der Waals surface area (Å²) in [6.07, 6.45) is 42.3. The van der Waals surface area contributed by atoms with E-state index in [1.165, 1.54) is 122 Å². The molecule has 0 saturated carbocycles. The minimum atomic E-state index is -1.39. The molecule has 0 fully saturated rings. The SMILES string of the molecule is CCCCCC/C=C\C/C=C\C(CCCCCCC(=O)NCC(=O)NC(CO)C(=O)O)OC(=O)CCCCCCCCCCCCCCCCCCC. The lowest BCUT2D eigenvalue weighted by atomic mass is 10.0. The number of allylic oxidation sites excluding steroid dienone is 3. The Bertz CT molecular complexity index is 952. The van der Waals surface area contributed by atoms with Gasteiger partial charge in [-0.2, -0.15) is 0 Å². The maximum atomic E-state index is 12.7. The number of carbonyl (C=O) groups is 4. The van der Waals surface area contributed by atoms with E-state index in [2.05, 4.69) is 42.7 Å². The highest BCUT2D eigenvalue weighted by Crippen LogP contribution is 2.16. The van der Waals surface area contributed by atoms with Gasteiger partial charge in [0.1, 0.15) is 12.1 Å². The molecule has 0 radical (unpaired) electrons. The van der Waals surface area contributed by atoms with Crippen molar-refractivity contribution < 1.29 is 34.1 Å². The Kier molecular flexibility index (Phi) is 37.1. The first-order valence-electron chi connectivity index (χ1n) is 21.7. The topological polar surface area (TPSA) is 142 Å². The summed E-state index contributed by atoms with van der Waals surface area (Å²) in [4.78, 5) is 47.5. The van der Waals surface area contributed by atoms with Gasteiger partial charge >= 0.3 is 11.9 Å². The second kappa shape index (κ2) is 39.0. The van der Waals surface area contributed by atoms with Gasteiger partial charge in [-0.05, 0) is 51.0 Å². The molecule has 53 heavy (non-hydrogen) atoms. The summed E-state index contributed by atoms with van der Waals surface area (Å²) in [5.41, 5.74) is 0. The molecule has 0 aliphatic carbocycles. The molecule has 0 saturated heterocycles. The van der Waals surface area contributed by atoms with Crippen LogP contribution in [0.3, 0.4) is 0 Å². The molecular weight excluding hydrogens is 668 g/mol. The molecular formula is C44H80N2O7. The van der Waals surface area contributed by atoms with E-state index in [1.54, 1.807) is 0 Å². The predicted octanol–water partition coefficient (Wildman–Crippen LogP) is 10.4. The van der Waals surface area contributed by atoms with Gasteiger partial charge in [0.2, 0.25) is 11.8 Å². The largest absolute Gasteiger partial charge is 0.480 e. The molecule has 9 heteroatoms. The van der Waals surface area contributed by atoms with E-state index >= 15 is 0 Å². The van der Waals surface area contributed by atoms with Gasteiger partial charge < -0.3 is 25.6 Å². The van der Waals surface area contributed by atoms with E-state index in [0.717, 1.165) is 51.4 Å². The standard InChI is InChI=1S/C44H80N2O7/c1-3-5-7-9-11-13-14-15-16-17-18-19-20-22-24-26-32-36-43(50)53-39(33-29-25-23-21-12-10-8-6-4-2)34-30-27-28-31-35-41(48)45-37-42(49)46-40(38-47)44(51)52/h21,23,29,33,39-40,47H,3-20,22,24-28,30-32,34-38H2,1-2H3,(H,45,48)(H,46,49)(H,51,52)/b23-21-,33-29-. The van der Waals surface area contributed by atoms with Gasteiger partial charge in [0.05, 0.1) is 13.2 Å². The average Bonchev–Trinajstić information content (AvgIpc) is 3.14. The van der Waals surface area contributed by atoms with Crippen LogP contribution in [-0.2, 0) is 23.9 Å². The van der Waals surface area contributed by atoms with E-state index in [-0.39, 0.29) is 30.9 Å². The summed E-state index contributed by atoms with van der Waals surface area (Å²) in [5.74, 6) is -2.41. The molecule has 0 rings (SSSR count). The van der Waals surface area contributed by atoms with Crippen LogP contribution in [0.5, 0.6) is 0 Å². The molecule has 308 valence electrons. The smallest absolute Gasteiger partial charge is 0.328 e. The van der Waals surface area contributed by atoms with Crippen molar-refractivity contribution in [1.82, 2.24) is 10.6 Å². The molecule has 0 aromatic heterocycles. The first kappa shape index (κ1) is 50.3. The summed E-state index contributed by atoms with van der Waals surface area (Å²) in [7, 11) is 0. The fraction of sp³-hybridized carbons (Fsp3) is 0.818. The highest BCUT2D eigenvalue weighted by molar-refractivity contribution is 5.87. The molecule has 2 atom stereocenters. The molecule has 0 aromatic rings. The lowest BCUT2D eigenvalue weighted by Gasteiger charge is -2.15. The number of aliphatic hydroxyl groups is 1. The number of hydrogen-bond donors (Lipinski definition) is 4. The van der Waals surface area contributed by atoms with E-state index in [0.29, 0.717) is 12.8 Å². The van der Waals surface area contributed by atoms with Crippen molar-refractivity contribution in [1.29, 1.82) is 0 Å². The van der Waals surface area contributed by atoms with E-state index in [9.17, 15) is 19.2 Å². The van der Waals surface area contributed by atoms with Crippen molar-refractivity contribution in [3.05, 3.63) is 24.3 Å². The predicted molar refractivity (Wildman–Crippen MR) is 218 cm³/mol. The van der Waals surface area contributed by atoms with Crippen LogP contribution in [0.15, 0.2) is 24.3 Å². The second-order valence-electron chi connectivity index (χ2n) is 14.8.